The third-order valence-corrected chi connectivity index (χ3v) is 3.04. The first-order chi connectivity index (χ1) is 9.31. The summed E-state index contributed by atoms with van der Waals surface area (Å²) in [5.41, 5.74) is 0.415. The SMILES string of the molecule is CC(C)C(NC(=O)NCc1cc(F)ccc1Cl)C(=O)O. The normalized spacial score (nSPS) is 12.1. The van der Waals surface area contributed by atoms with Crippen LogP contribution in [0.5, 0.6) is 0 Å². The Morgan fingerprint density at radius 3 is 2.60 bits per heavy atom. The van der Waals surface area contributed by atoms with E-state index in [1.807, 2.05) is 0 Å². The fourth-order valence-corrected chi connectivity index (χ4v) is 1.74. The predicted octanol–water partition coefficient (Wildman–Crippen LogP) is 2.39. The van der Waals surface area contributed by atoms with E-state index in [1.54, 1.807) is 13.8 Å². The van der Waals surface area contributed by atoms with Gasteiger partial charge in [0.05, 0.1) is 0 Å². The van der Waals surface area contributed by atoms with Crippen molar-refractivity contribution in [1.29, 1.82) is 0 Å². The monoisotopic (exact) mass is 302 g/mol. The van der Waals surface area contributed by atoms with Gasteiger partial charge >= 0.3 is 12.0 Å². The van der Waals surface area contributed by atoms with Crippen LogP contribution >= 0.6 is 11.6 Å². The fraction of sp³-hybridized carbons (Fsp3) is 0.385. The lowest BCUT2D eigenvalue weighted by Gasteiger charge is -2.18. The van der Waals surface area contributed by atoms with Crippen LogP contribution in [-0.2, 0) is 11.3 Å². The molecule has 110 valence electrons. The van der Waals surface area contributed by atoms with Crippen molar-refractivity contribution >= 4 is 23.6 Å². The smallest absolute Gasteiger partial charge is 0.326 e. The zero-order valence-electron chi connectivity index (χ0n) is 11.1. The number of carboxylic acids is 1. The van der Waals surface area contributed by atoms with Gasteiger partial charge in [0.15, 0.2) is 0 Å². The second-order valence-corrected chi connectivity index (χ2v) is 5.03. The van der Waals surface area contributed by atoms with Gasteiger partial charge in [-0.3, -0.25) is 0 Å². The number of carbonyl (C=O) groups excluding carboxylic acids is 1. The standard InChI is InChI=1S/C13H16ClFN2O3/c1-7(2)11(12(18)19)17-13(20)16-6-8-5-9(15)3-4-10(8)14/h3-5,7,11H,6H2,1-2H3,(H,18,19)(H2,16,17,20). The van der Waals surface area contributed by atoms with Crippen LogP contribution in [-0.4, -0.2) is 23.1 Å². The van der Waals surface area contributed by atoms with Gasteiger partial charge in [-0.05, 0) is 29.7 Å². The van der Waals surface area contributed by atoms with Crippen molar-refractivity contribution in [3.8, 4) is 0 Å². The molecule has 1 aromatic rings. The Morgan fingerprint density at radius 2 is 2.05 bits per heavy atom. The second-order valence-electron chi connectivity index (χ2n) is 4.62. The van der Waals surface area contributed by atoms with Gasteiger partial charge in [-0.25, -0.2) is 14.0 Å². The largest absolute Gasteiger partial charge is 0.480 e. The second kappa shape index (κ2) is 7.09. The summed E-state index contributed by atoms with van der Waals surface area (Å²) in [6.07, 6.45) is 0. The van der Waals surface area contributed by atoms with E-state index >= 15 is 0 Å². The predicted molar refractivity (Wildman–Crippen MR) is 73.0 cm³/mol. The van der Waals surface area contributed by atoms with Crippen molar-refractivity contribution in [2.75, 3.05) is 0 Å². The van der Waals surface area contributed by atoms with Crippen LogP contribution in [0.3, 0.4) is 0 Å². The molecule has 0 aliphatic rings. The van der Waals surface area contributed by atoms with E-state index in [0.717, 1.165) is 0 Å². The number of benzene rings is 1. The molecule has 5 nitrogen and oxygen atoms in total. The van der Waals surface area contributed by atoms with E-state index < -0.39 is 23.9 Å². The quantitative estimate of drug-likeness (QED) is 0.781. The molecule has 0 aromatic heterocycles. The third kappa shape index (κ3) is 4.70. The van der Waals surface area contributed by atoms with E-state index in [1.165, 1.54) is 18.2 Å². The van der Waals surface area contributed by atoms with Crippen molar-refractivity contribution in [3.63, 3.8) is 0 Å². The molecule has 0 spiro atoms. The first-order valence-corrected chi connectivity index (χ1v) is 6.40. The number of urea groups is 1. The van der Waals surface area contributed by atoms with Gasteiger partial charge in [-0.2, -0.15) is 0 Å². The molecule has 0 fully saturated rings. The molecule has 20 heavy (non-hydrogen) atoms. The maximum Gasteiger partial charge on any atom is 0.326 e. The highest BCUT2D eigenvalue weighted by molar-refractivity contribution is 6.31. The minimum Gasteiger partial charge on any atom is -0.480 e. The number of hydrogen-bond donors (Lipinski definition) is 3. The molecule has 0 heterocycles. The lowest BCUT2D eigenvalue weighted by atomic mass is 10.1. The minimum absolute atomic E-state index is 0.00681. The van der Waals surface area contributed by atoms with Crippen molar-refractivity contribution in [2.24, 2.45) is 5.92 Å². The summed E-state index contributed by atoms with van der Waals surface area (Å²) in [7, 11) is 0. The van der Waals surface area contributed by atoms with E-state index in [2.05, 4.69) is 10.6 Å². The maximum atomic E-state index is 13.0. The van der Waals surface area contributed by atoms with Gasteiger partial charge in [0.25, 0.3) is 0 Å². The van der Waals surface area contributed by atoms with Crippen LogP contribution in [0.15, 0.2) is 18.2 Å². The number of halogens is 2. The zero-order valence-corrected chi connectivity index (χ0v) is 11.9. The fourth-order valence-electron chi connectivity index (χ4n) is 1.56. The summed E-state index contributed by atoms with van der Waals surface area (Å²) >= 11 is 5.85. The van der Waals surface area contributed by atoms with Gasteiger partial charge in [-0.15, -0.1) is 0 Å². The molecule has 1 atom stereocenters. The Balaban J connectivity index is 2.59. The molecule has 0 aliphatic heterocycles. The molecule has 2 amide bonds. The summed E-state index contributed by atoms with van der Waals surface area (Å²) in [5.74, 6) is -1.83. The topological polar surface area (TPSA) is 78.4 Å². The summed E-state index contributed by atoms with van der Waals surface area (Å²) in [6, 6.07) is 2.18. The number of nitrogens with one attached hydrogen (secondary N) is 2. The highest BCUT2D eigenvalue weighted by Gasteiger charge is 2.23. The lowest BCUT2D eigenvalue weighted by molar-refractivity contribution is -0.140. The molecule has 1 rings (SSSR count). The summed E-state index contributed by atoms with van der Waals surface area (Å²) in [6.45, 7) is 3.37. The average Bonchev–Trinajstić information content (AvgIpc) is 2.36. The van der Waals surface area contributed by atoms with Crippen molar-refractivity contribution in [2.45, 2.75) is 26.4 Å². The zero-order chi connectivity index (χ0) is 15.3. The molecule has 1 aromatic carbocycles. The Hall–Kier alpha value is -1.82. The van der Waals surface area contributed by atoms with Gasteiger partial charge in [0.1, 0.15) is 11.9 Å². The minimum atomic E-state index is -1.11. The molecular weight excluding hydrogens is 287 g/mol. The number of carboxylic acid groups (broad SMARTS) is 1. The Bertz CT molecular complexity index is 508. The molecular formula is C13H16ClFN2O3. The highest BCUT2D eigenvalue weighted by atomic mass is 35.5. The highest BCUT2D eigenvalue weighted by Crippen LogP contribution is 2.16. The molecule has 0 aliphatic carbocycles. The molecule has 7 heteroatoms. The molecule has 3 N–H and O–H groups in total. The number of carbonyl (C=O) groups is 2. The Morgan fingerprint density at radius 1 is 1.40 bits per heavy atom. The van der Waals surface area contributed by atoms with E-state index in [-0.39, 0.29) is 12.5 Å². The molecule has 1 unspecified atom stereocenters. The van der Waals surface area contributed by atoms with Gasteiger partial charge in [0, 0.05) is 11.6 Å². The van der Waals surface area contributed by atoms with Crippen LogP contribution < -0.4 is 10.6 Å². The van der Waals surface area contributed by atoms with Gasteiger partial charge < -0.3 is 15.7 Å². The lowest BCUT2D eigenvalue weighted by Crippen LogP contribution is -2.48. The van der Waals surface area contributed by atoms with Crippen LogP contribution in [0.25, 0.3) is 0 Å². The van der Waals surface area contributed by atoms with Crippen LogP contribution in [0.2, 0.25) is 5.02 Å². The molecule has 0 radical (unpaired) electrons. The average molecular weight is 303 g/mol. The van der Waals surface area contributed by atoms with E-state index in [4.69, 9.17) is 16.7 Å². The molecule has 0 bridgehead atoms. The number of aliphatic carboxylic acids is 1. The first kappa shape index (κ1) is 16.2. The molecule has 0 saturated heterocycles. The summed E-state index contributed by atoms with van der Waals surface area (Å²) in [5, 5.41) is 14.0. The van der Waals surface area contributed by atoms with Crippen molar-refractivity contribution < 1.29 is 19.1 Å². The van der Waals surface area contributed by atoms with Crippen LogP contribution in [0, 0.1) is 11.7 Å². The van der Waals surface area contributed by atoms with Crippen LogP contribution in [0.4, 0.5) is 9.18 Å². The summed E-state index contributed by atoms with van der Waals surface area (Å²) < 4.78 is 13.0. The van der Waals surface area contributed by atoms with Crippen molar-refractivity contribution in [1.82, 2.24) is 10.6 Å². The number of hydrogen-bond acceptors (Lipinski definition) is 2. The van der Waals surface area contributed by atoms with Crippen LogP contribution in [0.1, 0.15) is 19.4 Å². The summed E-state index contributed by atoms with van der Waals surface area (Å²) in [4.78, 5) is 22.5. The van der Waals surface area contributed by atoms with E-state index in [0.29, 0.717) is 10.6 Å². The van der Waals surface area contributed by atoms with Crippen molar-refractivity contribution in [3.05, 3.63) is 34.6 Å². The number of amides is 2. The Labute approximate surface area is 121 Å². The van der Waals surface area contributed by atoms with E-state index in [9.17, 15) is 14.0 Å². The van der Waals surface area contributed by atoms with Gasteiger partial charge in [0.2, 0.25) is 0 Å². The Kier molecular flexibility index (Phi) is 5.76. The first-order valence-electron chi connectivity index (χ1n) is 6.02. The third-order valence-electron chi connectivity index (χ3n) is 2.67. The molecule has 0 saturated carbocycles. The maximum absolute atomic E-state index is 13.0. The number of rotatable bonds is 5. The van der Waals surface area contributed by atoms with Gasteiger partial charge in [-0.1, -0.05) is 25.4 Å².